The quantitative estimate of drug-likeness (QED) is 0.0169. The predicted octanol–water partition coefficient (Wildman–Crippen LogP) is 23.9. The van der Waals surface area contributed by atoms with Gasteiger partial charge in [0, 0.05) is 25.7 Å². The van der Waals surface area contributed by atoms with Crippen LogP contribution >= 0.6 is 15.6 Å². The fourth-order valence-electron chi connectivity index (χ4n) is 9.70. The van der Waals surface area contributed by atoms with Crippen LogP contribution in [-0.2, 0) is 65.4 Å². The Morgan fingerprint density at radius 3 is 0.815 bits per heavy atom. The van der Waals surface area contributed by atoms with Gasteiger partial charge < -0.3 is 33.8 Å². The molecule has 5 atom stereocenters. The first kappa shape index (κ1) is 102. The van der Waals surface area contributed by atoms with Crippen molar-refractivity contribution in [3.05, 3.63) is 207 Å². The second kappa shape index (κ2) is 78.8. The van der Waals surface area contributed by atoms with Crippen molar-refractivity contribution in [2.45, 2.75) is 290 Å². The van der Waals surface area contributed by atoms with Gasteiger partial charge in [-0.3, -0.25) is 37.3 Å². The van der Waals surface area contributed by atoms with Crippen molar-refractivity contribution < 1.29 is 80.2 Å². The van der Waals surface area contributed by atoms with Gasteiger partial charge in [0.2, 0.25) is 0 Å². The Morgan fingerprint density at radius 2 is 0.500 bits per heavy atom. The molecule has 0 heterocycles. The molecule has 608 valence electrons. The Morgan fingerprint density at radius 1 is 0.269 bits per heavy atom. The van der Waals surface area contributed by atoms with E-state index < -0.39 is 97.5 Å². The zero-order valence-corrected chi connectivity index (χ0v) is 68.2. The van der Waals surface area contributed by atoms with Crippen molar-refractivity contribution in [3.63, 3.8) is 0 Å². The van der Waals surface area contributed by atoms with E-state index >= 15 is 0 Å². The van der Waals surface area contributed by atoms with E-state index in [1.165, 1.54) is 19.3 Å². The van der Waals surface area contributed by atoms with Gasteiger partial charge in [0.1, 0.15) is 19.3 Å². The molecule has 0 aliphatic heterocycles. The number of aliphatic hydroxyl groups excluding tert-OH is 1. The average Bonchev–Trinajstić information content (AvgIpc) is 0.923. The molecule has 17 nitrogen and oxygen atoms in total. The van der Waals surface area contributed by atoms with E-state index in [4.69, 9.17) is 37.0 Å². The van der Waals surface area contributed by atoms with Crippen LogP contribution in [0, 0.1) is 0 Å². The third-order valence-electron chi connectivity index (χ3n) is 15.7. The van der Waals surface area contributed by atoms with Crippen LogP contribution in [0.25, 0.3) is 0 Å². The third kappa shape index (κ3) is 77.8. The summed E-state index contributed by atoms with van der Waals surface area (Å²) in [5, 5.41) is 10.6. The highest BCUT2D eigenvalue weighted by atomic mass is 31.2. The molecule has 0 amide bonds. The van der Waals surface area contributed by atoms with E-state index in [0.717, 1.165) is 154 Å². The molecule has 0 bridgehead atoms. The number of hydrogen-bond acceptors (Lipinski definition) is 15. The van der Waals surface area contributed by atoms with Gasteiger partial charge in [-0.1, -0.05) is 273 Å². The summed E-state index contributed by atoms with van der Waals surface area (Å²) < 4.78 is 68.5. The molecule has 0 radical (unpaired) electrons. The summed E-state index contributed by atoms with van der Waals surface area (Å²) in [6, 6.07) is 0. The number of hydrogen-bond donors (Lipinski definition) is 3. The van der Waals surface area contributed by atoms with E-state index in [1.807, 2.05) is 24.3 Å². The molecule has 0 aliphatic rings. The van der Waals surface area contributed by atoms with Crippen LogP contribution in [0.2, 0.25) is 0 Å². The Labute approximate surface area is 652 Å². The molecule has 0 aliphatic carbocycles. The number of ether oxygens (including phenoxy) is 4. The van der Waals surface area contributed by atoms with Gasteiger partial charge >= 0.3 is 39.5 Å². The van der Waals surface area contributed by atoms with E-state index in [2.05, 4.69) is 210 Å². The van der Waals surface area contributed by atoms with Crippen molar-refractivity contribution in [2.24, 2.45) is 0 Å². The number of phosphoric ester groups is 2. The first-order valence-corrected chi connectivity index (χ1v) is 43.3. The Hall–Kier alpha value is -6.36. The maximum atomic E-state index is 13.1. The summed E-state index contributed by atoms with van der Waals surface area (Å²) in [6.45, 7) is 4.27. The highest BCUT2D eigenvalue weighted by Gasteiger charge is 2.30. The monoisotopic (exact) mass is 1540 g/mol. The van der Waals surface area contributed by atoms with Crippen LogP contribution in [0.4, 0.5) is 0 Å². The summed E-state index contributed by atoms with van der Waals surface area (Å²) in [7, 11) is -10.0. The highest BCUT2D eigenvalue weighted by molar-refractivity contribution is 7.47. The minimum atomic E-state index is -5.02. The number of carbonyl (C=O) groups excluding carboxylic acids is 4. The van der Waals surface area contributed by atoms with Crippen LogP contribution in [0.15, 0.2) is 207 Å². The fourth-order valence-corrected chi connectivity index (χ4v) is 11.3. The molecule has 0 spiro atoms. The van der Waals surface area contributed by atoms with E-state index in [1.54, 1.807) is 0 Å². The van der Waals surface area contributed by atoms with E-state index in [9.17, 15) is 43.2 Å². The maximum absolute atomic E-state index is 13.1. The standard InChI is InChI=1S/C89H140O17P2/c1-5-9-13-17-21-25-29-33-37-39-41-43-47-49-53-57-61-65-69-73-86(91)99-79-84(105-88(93)75-71-67-63-59-55-51-45-35-31-27-23-19-15-11-7-3)81-103-107(95,96)101-77-83(90)78-102-108(97,98)104-82-85(106-89(94)76-72-68-64-60-56-52-46-36-32-28-24-20-16-12-8-4)80-100-87(92)74-70-66-62-58-54-50-48-44-42-40-38-34-30-26-22-18-14-10-6-2/h9,11-13,15-16,21-28,33-38,41-46,49,53,55-56,59-61,65,83-85,90H,5-8,10,14,17-20,29-32,39-40,47-48,50-52,54,57-58,62-64,66-82H2,1-4H3,(H,95,96)(H,97,98)/b13-9-,15-11-,16-12-,25-21-,26-22-,27-23-,28-24-,37-33-,38-34-,43-41-,44-42-,45-35-,46-36-,53-49-,59-55-,60-56-,65-61-. The minimum absolute atomic E-state index is 0.0165. The second-order valence-corrected chi connectivity index (χ2v) is 28.8. The number of phosphoric acid groups is 2. The molecular weight excluding hydrogens is 1400 g/mol. The van der Waals surface area contributed by atoms with Gasteiger partial charge in [0.25, 0.3) is 0 Å². The lowest BCUT2D eigenvalue weighted by atomic mass is 10.1. The van der Waals surface area contributed by atoms with Crippen molar-refractivity contribution in [3.8, 4) is 0 Å². The molecule has 0 aromatic heterocycles. The van der Waals surface area contributed by atoms with Crippen molar-refractivity contribution in [2.75, 3.05) is 39.6 Å². The number of esters is 4. The van der Waals surface area contributed by atoms with E-state index in [0.29, 0.717) is 44.9 Å². The van der Waals surface area contributed by atoms with Gasteiger partial charge in [-0.2, -0.15) is 0 Å². The number of unbranched alkanes of at least 4 members (excludes halogenated alkanes) is 13. The molecule has 3 N–H and O–H groups in total. The smallest absolute Gasteiger partial charge is 0.462 e. The summed E-state index contributed by atoms with van der Waals surface area (Å²) in [4.78, 5) is 73.0. The van der Waals surface area contributed by atoms with Crippen LogP contribution < -0.4 is 0 Å². The van der Waals surface area contributed by atoms with Crippen LogP contribution in [0.1, 0.15) is 272 Å². The Balaban J connectivity index is 5.53. The highest BCUT2D eigenvalue weighted by Crippen LogP contribution is 2.45. The summed E-state index contributed by atoms with van der Waals surface area (Å²) in [5.41, 5.74) is 0. The first-order chi connectivity index (χ1) is 52.7. The molecule has 0 aromatic carbocycles. The molecule has 108 heavy (non-hydrogen) atoms. The largest absolute Gasteiger partial charge is 0.472 e. The summed E-state index contributed by atoms with van der Waals surface area (Å²) >= 11 is 0. The molecule has 0 saturated heterocycles. The van der Waals surface area contributed by atoms with Gasteiger partial charge in [-0.15, -0.1) is 0 Å². The van der Waals surface area contributed by atoms with Gasteiger partial charge in [0.15, 0.2) is 12.2 Å². The fraction of sp³-hybridized carbons (Fsp3) is 0.573. The lowest BCUT2D eigenvalue weighted by Gasteiger charge is -2.21. The van der Waals surface area contributed by atoms with Crippen molar-refractivity contribution >= 4 is 39.5 Å². The topological polar surface area (TPSA) is 237 Å². The average molecular weight is 1540 g/mol. The number of aliphatic hydroxyl groups is 1. The lowest BCUT2D eigenvalue weighted by Crippen LogP contribution is -2.30. The number of rotatable bonds is 73. The van der Waals surface area contributed by atoms with Crippen molar-refractivity contribution in [1.29, 1.82) is 0 Å². The molecule has 0 fully saturated rings. The molecule has 5 unspecified atom stereocenters. The lowest BCUT2D eigenvalue weighted by molar-refractivity contribution is -0.161. The van der Waals surface area contributed by atoms with Crippen molar-refractivity contribution in [1.82, 2.24) is 0 Å². The van der Waals surface area contributed by atoms with Crippen LogP contribution in [0.3, 0.4) is 0 Å². The molecular formula is C89H140O17P2. The predicted molar refractivity (Wildman–Crippen MR) is 445 cm³/mol. The second-order valence-electron chi connectivity index (χ2n) is 25.9. The summed E-state index contributed by atoms with van der Waals surface area (Å²) in [5.74, 6) is -2.41. The normalized spacial score (nSPS) is 14.9. The van der Waals surface area contributed by atoms with Gasteiger partial charge in [-0.25, -0.2) is 9.13 Å². The van der Waals surface area contributed by atoms with E-state index in [-0.39, 0.29) is 25.7 Å². The van der Waals surface area contributed by atoms with Gasteiger partial charge in [0.05, 0.1) is 26.4 Å². The zero-order valence-electron chi connectivity index (χ0n) is 66.4. The molecule has 0 rings (SSSR count). The molecule has 0 saturated carbocycles. The SMILES string of the molecule is CC/C=C\C/C=C\C/C=C\C/C=C\C/C=C\C/C=C\CCC(=O)OCC(COP(=O)(O)OCC(O)COP(=O)(O)OCC(COC(=O)CCCCCCCC/C=C\C/C=C\C/C=C\CCCCC)OC(=O)CCCC/C=C\C/C=C\C/C=C\C/C=C\CC)OC(=O)CCCC/C=C\C/C=C\C/C=C\C/C=C\CC. The third-order valence-corrected chi connectivity index (χ3v) is 17.6. The molecule has 0 aromatic rings. The maximum Gasteiger partial charge on any atom is 0.472 e. The number of allylic oxidation sites excluding steroid dienone is 34. The summed E-state index contributed by atoms with van der Waals surface area (Å²) in [6.07, 6.45) is 98.3. The minimum Gasteiger partial charge on any atom is -0.462 e. The molecule has 19 heteroatoms. The number of carbonyl (C=O) groups is 4. The Bertz CT molecular complexity index is 2860. The zero-order chi connectivity index (χ0) is 78.9. The van der Waals surface area contributed by atoms with Gasteiger partial charge in [-0.05, 0) is 180 Å². The van der Waals surface area contributed by atoms with Crippen LogP contribution in [0.5, 0.6) is 0 Å². The Kier molecular flexibility index (Phi) is 74.1. The van der Waals surface area contributed by atoms with Crippen LogP contribution in [-0.4, -0.2) is 96.7 Å². The first-order valence-electron chi connectivity index (χ1n) is 40.3.